The van der Waals surface area contributed by atoms with Crippen molar-refractivity contribution in [2.75, 3.05) is 0 Å². The van der Waals surface area contributed by atoms with Crippen LogP contribution in [0.15, 0.2) is 0 Å². The fourth-order valence-electron chi connectivity index (χ4n) is 7.37. The molecule has 0 N–H and O–H groups in total. The largest absolute Gasteiger partial charge is 0.393 e. The van der Waals surface area contributed by atoms with Crippen molar-refractivity contribution >= 4 is 33.7 Å². The summed E-state index contributed by atoms with van der Waals surface area (Å²) in [5, 5.41) is -1.34. The van der Waals surface area contributed by atoms with Crippen LogP contribution in [0.25, 0.3) is 0 Å². The predicted octanol–water partition coefficient (Wildman–Crippen LogP) is -0.150. The Bertz CT molecular complexity index is 854. The standard InChI is InChI=1S/C18H18O8S/c19-15-11-5-1-7(13(11)17(21)25-15)9(3-5)27(23,24)10-4-6-2-8(10)14-12(6)16(20)26-18(14)22/h5-14H,1-4H2/t5-,6+,7+,8-,9+,10-,11-,12+,13+,14-. The lowest BCUT2D eigenvalue weighted by molar-refractivity contribution is -0.156. The number of rotatable bonds is 2. The van der Waals surface area contributed by atoms with Crippen LogP contribution in [-0.2, 0) is 38.5 Å². The minimum absolute atomic E-state index is 0.122. The molecular formula is C18H18O8S. The Balaban J connectivity index is 1.31. The number of hydrogen-bond donors (Lipinski definition) is 0. The van der Waals surface area contributed by atoms with E-state index >= 15 is 0 Å². The van der Waals surface area contributed by atoms with Crippen LogP contribution >= 0.6 is 0 Å². The van der Waals surface area contributed by atoms with Crippen LogP contribution in [0.1, 0.15) is 25.7 Å². The molecule has 8 nitrogen and oxygen atoms in total. The highest BCUT2D eigenvalue weighted by Gasteiger charge is 2.69. The molecule has 0 amide bonds. The van der Waals surface area contributed by atoms with E-state index in [0.717, 1.165) is 0 Å². The molecule has 0 aromatic carbocycles. The molecule has 144 valence electrons. The Labute approximate surface area is 154 Å². The molecule has 2 heterocycles. The molecule has 0 unspecified atom stereocenters. The first-order valence-corrected chi connectivity index (χ1v) is 11.1. The maximum atomic E-state index is 13.5. The van der Waals surface area contributed by atoms with E-state index < -0.39 is 67.9 Å². The molecule has 27 heavy (non-hydrogen) atoms. The molecule has 0 spiro atoms. The fraction of sp³-hybridized carbons (Fsp3) is 0.778. The topological polar surface area (TPSA) is 121 Å². The lowest BCUT2D eigenvalue weighted by atomic mass is 9.80. The van der Waals surface area contributed by atoms with Crippen molar-refractivity contribution in [3.05, 3.63) is 0 Å². The van der Waals surface area contributed by atoms with E-state index in [9.17, 15) is 27.6 Å². The number of ether oxygens (including phenoxy) is 2. The van der Waals surface area contributed by atoms with E-state index in [2.05, 4.69) is 0 Å². The normalized spacial score (nSPS) is 52.3. The van der Waals surface area contributed by atoms with E-state index in [0.29, 0.717) is 25.7 Å². The van der Waals surface area contributed by atoms with Crippen LogP contribution in [0.5, 0.6) is 0 Å². The highest BCUT2D eigenvalue weighted by molar-refractivity contribution is 7.92. The van der Waals surface area contributed by atoms with Gasteiger partial charge < -0.3 is 9.47 Å². The summed E-state index contributed by atoms with van der Waals surface area (Å²) in [6, 6.07) is 0. The fourth-order valence-corrected chi connectivity index (χ4v) is 10.4. The van der Waals surface area contributed by atoms with Crippen LogP contribution in [0.2, 0.25) is 0 Å². The van der Waals surface area contributed by atoms with Crippen LogP contribution in [-0.4, -0.2) is 42.8 Å². The van der Waals surface area contributed by atoms with Gasteiger partial charge in [-0.05, 0) is 49.4 Å². The summed E-state index contributed by atoms with van der Waals surface area (Å²) >= 11 is 0. The molecule has 9 heteroatoms. The zero-order valence-corrected chi connectivity index (χ0v) is 15.1. The minimum atomic E-state index is -3.60. The molecule has 2 aliphatic heterocycles. The van der Waals surface area contributed by atoms with Crippen LogP contribution in [0.3, 0.4) is 0 Å². The monoisotopic (exact) mass is 394 g/mol. The van der Waals surface area contributed by atoms with Gasteiger partial charge in [-0.15, -0.1) is 0 Å². The Hall–Kier alpha value is -1.77. The molecular weight excluding hydrogens is 376 g/mol. The van der Waals surface area contributed by atoms with Gasteiger partial charge in [0.05, 0.1) is 34.2 Å². The molecule has 0 aromatic heterocycles. The number of fused-ring (bicyclic) bond motifs is 10. The van der Waals surface area contributed by atoms with Crippen molar-refractivity contribution in [3.63, 3.8) is 0 Å². The number of cyclic esters (lactones) is 4. The van der Waals surface area contributed by atoms with Crippen molar-refractivity contribution in [2.45, 2.75) is 36.2 Å². The van der Waals surface area contributed by atoms with Gasteiger partial charge in [0.15, 0.2) is 9.84 Å². The summed E-state index contributed by atoms with van der Waals surface area (Å²) in [7, 11) is -3.60. The van der Waals surface area contributed by atoms with E-state index in [4.69, 9.17) is 9.47 Å². The molecule has 4 bridgehead atoms. The molecule has 4 saturated carbocycles. The van der Waals surface area contributed by atoms with Gasteiger partial charge in [-0.2, -0.15) is 0 Å². The van der Waals surface area contributed by atoms with Gasteiger partial charge in [-0.3, -0.25) is 19.2 Å². The predicted molar refractivity (Wildman–Crippen MR) is 85.1 cm³/mol. The second-order valence-electron chi connectivity index (χ2n) is 9.04. The summed E-state index contributed by atoms with van der Waals surface area (Å²) in [4.78, 5) is 47.9. The summed E-state index contributed by atoms with van der Waals surface area (Å²) in [5.74, 6) is -5.45. The summed E-state index contributed by atoms with van der Waals surface area (Å²) in [6.07, 6.45) is 1.88. The first-order chi connectivity index (χ1) is 12.8. The van der Waals surface area contributed by atoms with Gasteiger partial charge in [0.25, 0.3) is 0 Å². The average Bonchev–Trinajstić information content (AvgIpc) is 3.39. The Morgan fingerprint density at radius 2 is 0.963 bits per heavy atom. The number of sulfone groups is 1. The Kier molecular flexibility index (Phi) is 2.88. The zero-order valence-electron chi connectivity index (χ0n) is 14.3. The smallest absolute Gasteiger partial charge is 0.317 e. The number of hydrogen-bond acceptors (Lipinski definition) is 8. The van der Waals surface area contributed by atoms with Crippen molar-refractivity contribution < 1.29 is 37.1 Å². The molecule has 10 atom stereocenters. The number of carbonyl (C=O) groups excluding carboxylic acids is 4. The lowest BCUT2D eigenvalue weighted by Gasteiger charge is -2.34. The SMILES string of the molecule is O=C1OC(=O)[C@H]2[C@H]3C[C@H](C[C@@H]3S(=O)(=O)[C@@H]3C[C@@H]4C[C@H]3[C@H]3C(=O)OC(=O)[C@@H]43)[C@@H]12. The maximum Gasteiger partial charge on any atom is 0.317 e. The van der Waals surface area contributed by atoms with Crippen LogP contribution in [0.4, 0.5) is 0 Å². The molecule has 0 aromatic rings. The van der Waals surface area contributed by atoms with Gasteiger partial charge in [0.1, 0.15) is 0 Å². The van der Waals surface area contributed by atoms with Gasteiger partial charge in [-0.1, -0.05) is 0 Å². The van der Waals surface area contributed by atoms with Gasteiger partial charge in [0.2, 0.25) is 0 Å². The molecule has 6 rings (SSSR count). The third kappa shape index (κ3) is 1.77. The maximum absolute atomic E-state index is 13.5. The summed E-state index contributed by atoms with van der Waals surface area (Å²) in [6.45, 7) is 0. The highest BCUT2D eigenvalue weighted by Crippen LogP contribution is 2.62. The molecule has 2 saturated heterocycles. The Morgan fingerprint density at radius 1 is 0.593 bits per heavy atom. The lowest BCUT2D eigenvalue weighted by Crippen LogP contribution is -2.46. The summed E-state index contributed by atoms with van der Waals surface area (Å²) < 4.78 is 36.5. The second-order valence-corrected chi connectivity index (χ2v) is 11.4. The van der Waals surface area contributed by atoms with Crippen molar-refractivity contribution in [3.8, 4) is 0 Å². The molecule has 6 fully saturated rings. The van der Waals surface area contributed by atoms with Crippen molar-refractivity contribution in [1.82, 2.24) is 0 Å². The number of carbonyl (C=O) groups is 4. The van der Waals surface area contributed by atoms with E-state index in [1.165, 1.54) is 0 Å². The van der Waals surface area contributed by atoms with Crippen molar-refractivity contribution in [2.24, 2.45) is 47.3 Å². The molecule has 0 radical (unpaired) electrons. The van der Waals surface area contributed by atoms with Crippen molar-refractivity contribution in [1.29, 1.82) is 0 Å². The minimum Gasteiger partial charge on any atom is -0.393 e. The molecule has 4 aliphatic carbocycles. The van der Waals surface area contributed by atoms with E-state index in [1.807, 2.05) is 0 Å². The molecule has 6 aliphatic rings. The van der Waals surface area contributed by atoms with Gasteiger partial charge in [-0.25, -0.2) is 8.42 Å². The van der Waals surface area contributed by atoms with Gasteiger partial charge in [0, 0.05) is 0 Å². The average molecular weight is 394 g/mol. The zero-order chi connectivity index (χ0) is 18.8. The third-order valence-electron chi connectivity index (χ3n) is 8.22. The van der Waals surface area contributed by atoms with E-state index in [-0.39, 0.29) is 23.7 Å². The third-order valence-corrected chi connectivity index (χ3v) is 11.0. The second kappa shape index (κ2) is 4.79. The number of esters is 4. The first-order valence-electron chi connectivity index (χ1n) is 9.53. The van der Waals surface area contributed by atoms with Crippen LogP contribution in [0, 0.1) is 47.3 Å². The Morgan fingerprint density at radius 3 is 1.37 bits per heavy atom. The first kappa shape index (κ1) is 16.2. The quantitative estimate of drug-likeness (QED) is 0.468. The van der Waals surface area contributed by atoms with Crippen LogP contribution < -0.4 is 0 Å². The highest BCUT2D eigenvalue weighted by atomic mass is 32.2. The summed E-state index contributed by atoms with van der Waals surface area (Å²) in [5.41, 5.74) is 0. The van der Waals surface area contributed by atoms with E-state index in [1.54, 1.807) is 0 Å². The van der Waals surface area contributed by atoms with Gasteiger partial charge >= 0.3 is 23.9 Å².